The predicted octanol–water partition coefficient (Wildman–Crippen LogP) is 5.17. The van der Waals surface area contributed by atoms with Crippen molar-refractivity contribution in [2.24, 2.45) is 0 Å². The summed E-state index contributed by atoms with van der Waals surface area (Å²) in [5.74, 6) is 0.766. The molecular weight excluding hydrogens is 348 g/mol. The highest BCUT2D eigenvalue weighted by Crippen LogP contribution is 2.27. The Hall–Kier alpha value is -3.53. The minimum absolute atomic E-state index is 0.0533. The van der Waals surface area contributed by atoms with Gasteiger partial charge in [-0.25, -0.2) is 0 Å². The number of benzene rings is 3. The van der Waals surface area contributed by atoms with E-state index < -0.39 is 0 Å². The van der Waals surface area contributed by atoms with Crippen molar-refractivity contribution in [3.8, 4) is 5.75 Å². The number of hydrogen-bond donors (Lipinski definition) is 1. The number of anilines is 1. The summed E-state index contributed by atoms with van der Waals surface area (Å²) >= 11 is 0. The molecule has 4 nitrogen and oxygen atoms in total. The van der Waals surface area contributed by atoms with Crippen LogP contribution in [0.5, 0.6) is 5.75 Å². The molecule has 0 radical (unpaired) electrons. The molecule has 1 amide bonds. The monoisotopic (exact) mass is 370 g/mol. The fourth-order valence-electron chi connectivity index (χ4n) is 3.25. The second-order valence-electron chi connectivity index (χ2n) is 6.77. The third-order valence-corrected chi connectivity index (χ3v) is 4.74. The van der Waals surface area contributed by atoms with Crippen LogP contribution in [0, 0.1) is 6.92 Å². The van der Waals surface area contributed by atoms with E-state index in [0.717, 1.165) is 33.5 Å². The van der Waals surface area contributed by atoms with E-state index in [4.69, 9.17) is 4.74 Å². The number of amides is 1. The molecule has 0 unspecified atom stereocenters. The number of carbonyl (C=O) groups is 1. The Morgan fingerprint density at radius 1 is 0.929 bits per heavy atom. The van der Waals surface area contributed by atoms with Gasteiger partial charge < -0.3 is 14.6 Å². The lowest BCUT2D eigenvalue weighted by molar-refractivity contribution is -0.116. The number of hydrogen-bond acceptors (Lipinski definition) is 2. The zero-order chi connectivity index (χ0) is 19.3. The maximum absolute atomic E-state index is 12.5. The predicted molar refractivity (Wildman–Crippen MR) is 113 cm³/mol. The van der Waals surface area contributed by atoms with Gasteiger partial charge in [-0.3, -0.25) is 4.79 Å². The van der Waals surface area contributed by atoms with Crippen molar-refractivity contribution in [3.05, 3.63) is 96.2 Å². The average Bonchev–Trinajstić information content (AvgIpc) is 3.12. The molecule has 1 heterocycles. The zero-order valence-electron chi connectivity index (χ0n) is 15.8. The summed E-state index contributed by atoms with van der Waals surface area (Å²) in [6.07, 6.45) is 1.93. The number of carbonyl (C=O) groups excluding carboxylic acids is 1. The highest BCUT2D eigenvalue weighted by atomic mass is 16.5. The molecule has 3 aromatic carbocycles. The first-order valence-corrected chi connectivity index (χ1v) is 9.31. The first-order valence-electron chi connectivity index (χ1n) is 9.31. The molecule has 1 aromatic heterocycles. The van der Waals surface area contributed by atoms with Crippen molar-refractivity contribution in [3.63, 3.8) is 0 Å². The second-order valence-corrected chi connectivity index (χ2v) is 6.77. The molecule has 4 aromatic rings. The van der Waals surface area contributed by atoms with Crippen LogP contribution in [-0.2, 0) is 17.9 Å². The first kappa shape index (κ1) is 17.9. The minimum Gasteiger partial charge on any atom is -0.488 e. The molecule has 28 heavy (non-hydrogen) atoms. The van der Waals surface area contributed by atoms with Gasteiger partial charge in [0.2, 0.25) is 5.91 Å². The minimum atomic E-state index is -0.0533. The van der Waals surface area contributed by atoms with Gasteiger partial charge in [-0.05, 0) is 42.3 Å². The molecule has 4 heteroatoms. The lowest BCUT2D eigenvalue weighted by Gasteiger charge is -2.11. The Morgan fingerprint density at radius 2 is 1.71 bits per heavy atom. The largest absolute Gasteiger partial charge is 0.488 e. The van der Waals surface area contributed by atoms with Crippen LogP contribution in [0.25, 0.3) is 10.9 Å². The lowest BCUT2D eigenvalue weighted by atomic mass is 10.2. The van der Waals surface area contributed by atoms with Crippen LogP contribution in [0.2, 0.25) is 0 Å². The van der Waals surface area contributed by atoms with E-state index in [1.165, 1.54) is 0 Å². The smallest absolute Gasteiger partial charge is 0.244 e. The van der Waals surface area contributed by atoms with E-state index >= 15 is 0 Å². The summed E-state index contributed by atoms with van der Waals surface area (Å²) in [6, 6.07) is 25.8. The molecule has 0 saturated carbocycles. The number of nitrogens with zero attached hydrogens (tertiary/aromatic N) is 1. The molecule has 0 spiro atoms. The van der Waals surface area contributed by atoms with Gasteiger partial charge in [0, 0.05) is 17.3 Å². The van der Waals surface area contributed by atoms with Gasteiger partial charge in [-0.2, -0.15) is 0 Å². The standard InChI is InChI=1S/C24H22N2O2/c1-18-8-5-6-11-21(18)25-24(27)16-26-15-14-20-22(26)12-7-13-23(20)28-17-19-9-3-2-4-10-19/h2-15H,16-17H2,1H3,(H,25,27). The van der Waals surface area contributed by atoms with Crippen LogP contribution in [0.15, 0.2) is 85.1 Å². The summed E-state index contributed by atoms with van der Waals surface area (Å²) < 4.78 is 7.96. The van der Waals surface area contributed by atoms with Gasteiger partial charge in [-0.15, -0.1) is 0 Å². The highest BCUT2D eigenvalue weighted by molar-refractivity contribution is 5.93. The quantitative estimate of drug-likeness (QED) is 0.509. The van der Waals surface area contributed by atoms with Crippen LogP contribution in [0.4, 0.5) is 5.69 Å². The van der Waals surface area contributed by atoms with Gasteiger partial charge in [0.15, 0.2) is 0 Å². The number of ether oxygens (including phenoxy) is 1. The molecule has 0 aliphatic rings. The van der Waals surface area contributed by atoms with Crippen molar-refractivity contribution in [2.75, 3.05) is 5.32 Å². The van der Waals surface area contributed by atoms with Crippen LogP contribution in [0.1, 0.15) is 11.1 Å². The van der Waals surface area contributed by atoms with Gasteiger partial charge in [0.25, 0.3) is 0 Å². The summed E-state index contributed by atoms with van der Waals surface area (Å²) in [5.41, 5.74) is 3.99. The molecule has 140 valence electrons. The number of fused-ring (bicyclic) bond motifs is 1. The SMILES string of the molecule is Cc1ccccc1NC(=O)Cn1ccc2c(OCc3ccccc3)cccc21. The number of aromatic nitrogens is 1. The Balaban J connectivity index is 1.50. The molecule has 0 bridgehead atoms. The molecule has 4 rings (SSSR count). The third-order valence-electron chi connectivity index (χ3n) is 4.74. The summed E-state index contributed by atoms with van der Waals surface area (Å²) in [4.78, 5) is 12.5. The van der Waals surface area contributed by atoms with E-state index in [1.807, 2.05) is 96.6 Å². The van der Waals surface area contributed by atoms with Gasteiger partial charge in [-0.1, -0.05) is 54.6 Å². The Labute approximate surface area is 164 Å². The van der Waals surface area contributed by atoms with Crippen molar-refractivity contribution in [1.82, 2.24) is 4.57 Å². The molecule has 0 saturated heterocycles. The van der Waals surface area contributed by atoms with Gasteiger partial charge in [0.05, 0.1) is 5.52 Å². The summed E-state index contributed by atoms with van der Waals surface area (Å²) in [6.45, 7) is 2.75. The number of nitrogens with one attached hydrogen (secondary N) is 1. The normalized spacial score (nSPS) is 10.8. The molecule has 0 aliphatic heterocycles. The molecule has 1 N–H and O–H groups in total. The van der Waals surface area contributed by atoms with Crippen molar-refractivity contribution < 1.29 is 9.53 Å². The summed E-state index contributed by atoms with van der Waals surface area (Å²) in [7, 11) is 0. The van der Waals surface area contributed by atoms with Crippen molar-refractivity contribution in [2.45, 2.75) is 20.1 Å². The number of aryl methyl sites for hydroxylation is 1. The van der Waals surface area contributed by atoms with Gasteiger partial charge in [0.1, 0.15) is 18.9 Å². The maximum Gasteiger partial charge on any atom is 0.244 e. The maximum atomic E-state index is 12.5. The molecular formula is C24H22N2O2. The van der Waals surface area contributed by atoms with Crippen LogP contribution in [0.3, 0.4) is 0 Å². The van der Waals surface area contributed by atoms with Crippen molar-refractivity contribution >= 4 is 22.5 Å². The van der Waals surface area contributed by atoms with E-state index in [0.29, 0.717) is 6.61 Å². The average molecular weight is 370 g/mol. The first-order chi connectivity index (χ1) is 13.7. The van der Waals surface area contributed by atoms with E-state index in [2.05, 4.69) is 5.32 Å². The number of rotatable bonds is 6. The van der Waals surface area contributed by atoms with Crippen LogP contribution in [-0.4, -0.2) is 10.5 Å². The third kappa shape index (κ3) is 3.91. The van der Waals surface area contributed by atoms with Crippen molar-refractivity contribution in [1.29, 1.82) is 0 Å². The fraction of sp³-hybridized carbons (Fsp3) is 0.125. The fourth-order valence-corrected chi connectivity index (χ4v) is 3.25. The van der Waals surface area contributed by atoms with E-state index in [9.17, 15) is 4.79 Å². The molecule has 0 fully saturated rings. The topological polar surface area (TPSA) is 43.3 Å². The lowest BCUT2D eigenvalue weighted by Crippen LogP contribution is -2.18. The van der Waals surface area contributed by atoms with E-state index in [1.54, 1.807) is 0 Å². The van der Waals surface area contributed by atoms with Gasteiger partial charge >= 0.3 is 0 Å². The highest BCUT2D eigenvalue weighted by Gasteiger charge is 2.10. The molecule has 0 atom stereocenters. The van der Waals surface area contributed by atoms with Crippen LogP contribution >= 0.6 is 0 Å². The molecule has 0 aliphatic carbocycles. The Kier molecular flexibility index (Phi) is 5.11. The Bertz CT molecular complexity index is 1100. The van der Waals surface area contributed by atoms with Crippen LogP contribution < -0.4 is 10.1 Å². The number of para-hydroxylation sites is 1. The van der Waals surface area contributed by atoms with E-state index in [-0.39, 0.29) is 12.5 Å². The summed E-state index contributed by atoms with van der Waals surface area (Å²) in [5, 5.41) is 3.99. The zero-order valence-corrected chi connectivity index (χ0v) is 15.8. The Morgan fingerprint density at radius 3 is 2.54 bits per heavy atom. The second kappa shape index (κ2) is 8.01.